The number of ether oxygens (including phenoxy) is 2. The van der Waals surface area contributed by atoms with Gasteiger partial charge in [-0.25, -0.2) is 8.78 Å². The average molecular weight is 481 g/mol. The van der Waals surface area contributed by atoms with Gasteiger partial charge < -0.3 is 19.3 Å². The van der Waals surface area contributed by atoms with Crippen molar-refractivity contribution in [2.24, 2.45) is 0 Å². The first-order valence-electron chi connectivity index (χ1n) is 11.6. The van der Waals surface area contributed by atoms with Gasteiger partial charge in [-0.1, -0.05) is 11.6 Å². The van der Waals surface area contributed by atoms with Crippen LogP contribution in [0.4, 0.5) is 14.6 Å². The van der Waals surface area contributed by atoms with Crippen LogP contribution in [0.1, 0.15) is 26.2 Å². The molecule has 6 heterocycles. The molecule has 4 aliphatic heterocycles. The van der Waals surface area contributed by atoms with Crippen molar-refractivity contribution in [3.05, 3.63) is 11.0 Å². The molecule has 4 aliphatic rings. The second-order valence-corrected chi connectivity index (χ2v) is 10.1. The minimum absolute atomic E-state index is 0.00298. The van der Waals surface area contributed by atoms with Crippen molar-refractivity contribution in [1.29, 1.82) is 0 Å². The molecule has 0 N–H and O–H groups in total. The van der Waals surface area contributed by atoms with Crippen molar-refractivity contribution in [1.82, 2.24) is 24.8 Å². The Morgan fingerprint density at radius 2 is 2.06 bits per heavy atom. The maximum absolute atomic E-state index is 15.1. The second kappa shape index (κ2) is 7.74. The molecule has 2 aromatic rings. The third-order valence-electron chi connectivity index (χ3n) is 7.64. The molecule has 0 aromatic carbocycles. The monoisotopic (exact) mass is 480 g/mol. The van der Waals surface area contributed by atoms with Crippen LogP contribution in [-0.4, -0.2) is 95.0 Å². The maximum atomic E-state index is 15.1. The number of alkyl halides is 1. The average Bonchev–Trinajstić information content (AvgIpc) is 3.27. The van der Waals surface area contributed by atoms with Crippen LogP contribution in [0.15, 0.2) is 0 Å². The first-order valence-corrected chi connectivity index (χ1v) is 11.9. The second-order valence-electron chi connectivity index (χ2n) is 9.79. The molecular formula is C22H27ClF2N6O2. The summed E-state index contributed by atoms with van der Waals surface area (Å²) in [7, 11) is 2.06. The molecular weight excluding hydrogens is 454 g/mol. The van der Waals surface area contributed by atoms with Crippen molar-refractivity contribution in [2.45, 2.75) is 50.0 Å². The molecule has 3 saturated heterocycles. The van der Waals surface area contributed by atoms with Gasteiger partial charge in [-0.15, -0.1) is 0 Å². The van der Waals surface area contributed by atoms with Crippen LogP contribution in [0.25, 0.3) is 10.9 Å². The van der Waals surface area contributed by atoms with Crippen LogP contribution in [0.3, 0.4) is 0 Å². The Labute approximate surface area is 195 Å². The van der Waals surface area contributed by atoms with Crippen molar-refractivity contribution < 1.29 is 18.3 Å². The van der Waals surface area contributed by atoms with E-state index in [1.54, 1.807) is 0 Å². The Morgan fingerprint density at radius 3 is 2.91 bits per heavy atom. The van der Waals surface area contributed by atoms with Gasteiger partial charge in [0.15, 0.2) is 11.0 Å². The molecule has 0 bridgehead atoms. The highest BCUT2D eigenvalue weighted by atomic mass is 35.5. The molecule has 0 aliphatic carbocycles. The quantitative estimate of drug-likeness (QED) is 0.621. The maximum Gasteiger partial charge on any atom is 0.319 e. The molecule has 2 aromatic heterocycles. The van der Waals surface area contributed by atoms with E-state index < -0.39 is 12.0 Å². The summed E-state index contributed by atoms with van der Waals surface area (Å²) in [6.45, 7) is 5.84. The Balaban J connectivity index is 1.42. The number of anilines is 1. The third kappa shape index (κ3) is 3.40. The van der Waals surface area contributed by atoms with E-state index in [0.717, 1.165) is 32.5 Å². The molecule has 178 valence electrons. The third-order valence-corrected chi connectivity index (χ3v) is 7.89. The van der Waals surface area contributed by atoms with Crippen molar-refractivity contribution in [3.8, 4) is 11.9 Å². The molecule has 0 amide bonds. The molecule has 0 saturated carbocycles. The zero-order chi connectivity index (χ0) is 22.9. The number of pyridine rings is 1. The summed E-state index contributed by atoms with van der Waals surface area (Å²) in [5.74, 6) is 0.0586. The van der Waals surface area contributed by atoms with Gasteiger partial charge in [-0.2, -0.15) is 15.0 Å². The Hall–Kier alpha value is -2.04. The van der Waals surface area contributed by atoms with E-state index in [0.29, 0.717) is 30.7 Å². The summed E-state index contributed by atoms with van der Waals surface area (Å²) >= 11 is 6.11. The first-order chi connectivity index (χ1) is 15.8. The molecule has 4 atom stereocenters. The smallest absolute Gasteiger partial charge is 0.319 e. The van der Waals surface area contributed by atoms with Gasteiger partial charge in [-0.05, 0) is 33.4 Å². The molecule has 6 rings (SSSR count). The Kier molecular flexibility index (Phi) is 5.04. The van der Waals surface area contributed by atoms with E-state index >= 15 is 4.39 Å². The number of nitrogens with zero attached hydrogens (tertiary/aromatic N) is 6. The lowest BCUT2D eigenvalue weighted by Crippen LogP contribution is -2.57. The van der Waals surface area contributed by atoms with Gasteiger partial charge in [-0.3, -0.25) is 4.90 Å². The largest absolute Gasteiger partial charge is 0.472 e. The molecule has 0 radical (unpaired) electrons. The predicted octanol–water partition coefficient (Wildman–Crippen LogP) is 2.67. The van der Waals surface area contributed by atoms with E-state index in [1.165, 1.54) is 0 Å². The van der Waals surface area contributed by atoms with E-state index in [1.807, 2.05) is 6.92 Å². The normalized spacial score (nSPS) is 31.9. The zero-order valence-electron chi connectivity index (χ0n) is 18.7. The van der Waals surface area contributed by atoms with E-state index in [-0.39, 0.29) is 46.9 Å². The lowest BCUT2D eigenvalue weighted by molar-refractivity contribution is 0.107. The zero-order valence-corrected chi connectivity index (χ0v) is 19.5. The minimum Gasteiger partial charge on any atom is -0.472 e. The number of likely N-dealkylation sites (N-methyl/N-ethyl adjacent to an activating group) is 1. The number of rotatable bonds is 3. The van der Waals surface area contributed by atoms with Crippen molar-refractivity contribution >= 4 is 28.3 Å². The minimum atomic E-state index is -0.856. The molecule has 11 heteroatoms. The highest BCUT2D eigenvalue weighted by Crippen LogP contribution is 2.43. The SMILES string of the molecule is C[C@@H]1Oc2nc(Cl)c(F)c3nc(OC[C@@]45CCCN4C[C@H](F)C5)nc(c23)N2CCN(C)C[C@@H]12. The lowest BCUT2D eigenvalue weighted by Gasteiger charge is -2.41. The highest BCUT2D eigenvalue weighted by Gasteiger charge is 2.49. The Bertz CT molecular complexity index is 1110. The number of fused-ring (bicyclic) bond motifs is 3. The van der Waals surface area contributed by atoms with Crippen LogP contribution < -0.4 is 14.4 Å². The van der Waals surface area contributed by atoms with Gasteiger partial charge in [0.25, 0.3) is 0 Å². The Morgan fingerprint density at radius 1 is 1.21 bits per heavy atom. The fourth-order valence-electron chi connectivity index (χ4n) is 5.95. The topological polar surface area (TPSA) is 66.9 Å². The molecule has 0 spiro atoms. The van der Waals surface area contributed by atoms with Crippen LogP contribution in [0, 0.1) is 5.82 Å². The lowest BCUT2D eigenvalue weighted by atomic mass is 9.95. The fraction of sp³-hybridized carbons (Fsp3) is 0.682. The number of aromatic nitrogens is 3. The number of hydrogen-bond acceptors (Lipinski definition) is 8. The van der Waals surface area contributed by atoms with Gasteiger partial charge in [0.1, 0.15) is 35.6 Å². The summed E-state index contributed by atoms with van der Waals surface area (Å²) in [6.07, 6.45) is 1.25. The molecule has 0 unspecified atom stereocenters. The fourth-order valence-corrected chi connectivity index (χ4v) is 6.12. The molecule has 8 nitrogen and oxygen atoms in total. The summed E-state index contributed by atoms with van der Waals surface area (Å²) in [4.78, 5) is 19.8. The molecule has 33 heavy (non-hydrogen) atoms. The van der Waals surface area contributed by atoms with Crippen molar-refractivity contribution in [2.75, 3.05) is 51.3 Å². The first kappa shape index (κ1) is 21.5. The standard InChI is InChI=1S/C22H27ClF2N6O2/c1-12-14-10-29(2)6-7-31(14)19-15-17(16(25)18(23)27-20(15)33-12)26-21(28-19)32-11-22-4-3-5-30(22)9-13(24)8-22/h12-14H,3-11H2,1-2H3/t12-,13+,14-,22-/m0/s1. The van der Waals surface area contributed by atoms with Gasteiger partial charge in [0.05, 0.1) is 11.6 Å². The number of hydrogen-bond donors (Lipinski definition) is 0. The van der Waals surface area contributed by atoms with Crippen LogP contribution >= 0.6 is 11.6 Å². The van der Waals surface area contributed by atoms with Gasteiger partial charge >= 0.3 is 6.01 Å². The summed E-state index contributed by atoms with van der Waals surface area (Å²) < 4.78 is 41.5. The van der Waals surface area contributed by atoms with Crippen LogP contribution in [0.5, 0.6) is 11.9 Å². The number of halogens is 3. The van der Waals surface area contributed by atoms with Crippen LogP contribution in [-0.2, 0) is 0 Å². The summed E-state index contributed by atoms with van der Waals surface area (Å²) in [6, 6.07) is 0.0668. The highest BCUT2D eigenvalue weighted by molar-refractivity contribution is 6.30. The number of piperazine rings is 1. The van der Waals surface area contributed by atoms with E-state index in [9.17, 15) is 4.39 Å². The van der Waals surface area contributed by atoms with Crippen LogP contribution in [0.2, 0.25) is 5.15 Å². The van der Waals surface area contributed by atoms with Crippen molar-refractivity contribution in [3.63, 3.8) is 0 Å². The van der Waals surface area contributed by atoms with E-state index in [2.05, 4.69) is 31.7 Å². The van der Waals surface area contributed by atoms with E-state index in [4.69, 9.17) is 26.1 Å². The van der Waals surface area contributed by atoms with Gasteiger partial charge in [0.2, 0.25) is 5.88 Å². The molecule has 3 fully saturated rings. The summed E-state index contributed by atoms with van der Waals surface area (Å²) in [5.41, 5.74) is -0.313. The van der Waals surface area contributed by atoms with Gasteiger partial charge in [0, 0.05) is 32.6 Å². The predicted molar refractivity (Wildman–Crippen MR) is 120 cm³/mol. The summed E-state index contributed by atoms with van der Waals surface area (Å²) in [5, 5.41) is 0.113.